The lowest BCUT2D eigenvalue weighted by atomic mass is 9.30. The van der Waals surface area contributed by atoms with Crippen molar-refractivity contribution in [1.82, 2.24) is 0 Å². The Labute approximate surface area is 374 Å². The van der Waals surface area contributed by atoms with Crippen LogP contribution in [0.25, 0.3) is 0 Å². The third-order valence-electron chi connectivity index (χ3n) is 13.9. The van der Waals surface area contributed by atoms with Crippen LogP contribution in [0.5, 0.6) is 23.0 Å². The first-order valence-electron chi connectivity index (χ1n) is 21.6. The van der Waals surface area contributed by atoms with Gasteiger partial charge in [0.1, 0.15) is 23.0 Å². The highest BCUT2D eigenvalue weighted by atomic mass is 32.2. The fourth-order valence-corrected chi connectivity index (χ4v) is 13.9. The van der Waals surface area contributed by atoms with Crippen molar-refractivity contribution in [2.75, 3.05) is 9.80 Å². The minimum Gasteiger partial charge on any atom is -0.458 e. The number of rotatable bonds is 2. The van der Waals surface area contributed by atoms with Gasteiger partial charge in [-0.3, -0.25) is 0 Å². The van der Waals surface area contributed by atoms with E-state index in [1.54, 1.807) is 0 Å². The van der Waals surface area contributed by atoms with Crippen LogP contribution in [0.1, 0.15) is 0 Å². The highest BCUT2D eigenvalue weighted by molar-refractivity contribution is 8.00. The monoisotopic (exact) mass is 836 g/mol. The second-order valence-electron chi connectivity index (χ2n) is 17.0. The van der Waals surface area contributed by atoms with Crippen molar-refractivity contribution < 1.29 is 9.47 Å². The fraction of sp³-hybridized carbons (Fsp3) is 0. The maximum absolute atomic E-state index is 7.05. The van der Waals surface area contributed by atoms with Crippen molar-refractivity contribution >= 4 is 127 Å². The van der Waals surface area contributed by atoms with Crippen LogP contribution >= 0.6 is 23.5 Å². The lowest BCUT2D eigenvalue weighted by Gasteiger charge is -2.46. The van der Waals surface area contributed by atoms with Gasteiger partial charge in [-0.15, -0.1) is 0 Å². The molecule has 6 aliphatic heterocycles. The molecule has 0 amide bonds. The molecule has 0 radical (unpaired) electrons. The third kappa shape index (κ3) is 4.68. The summed E-state index contributed by atoms with van der Waals surface area (Å²) >= 11 is 3.79. The van der Waals surface area contributed by atoms with Crippen LogP contribution < -0.4 is 68.4 Å². The van der Waals surface area contributed by atoms with Gasteiger partial charge in [0.15, 0.2) is 0 Å². The Bertz CT molecular complexity index is 3450. The average molecular weight is 836 g/mol. The molecular weight excluding hydrogens is 805 g/mol. The van der Waals surface area contributed by atoms with E-state index in [0.717, 1.165) is 40.1 Å². The molecule has 15 rings (SSSR count). The Balaban J connectivity index is 1.07. The van der Waals surface area contributed by atoms with Crippen LogP contribution in [0.3, 0.4) is 0 Å². The normalized spacial score (nSPS) is 14.6. The molecule has 0 saturated heterocycles. The average Bonchev–Trinajstić information content (AvgIpc) is 3.33. The minimum atomic E-state index is -0.0842. The van der Waals surface area contributed by atoms with Gasteiger partial charge in [-0.1, -0.05) is 144 Å². The topological polar surface area (TPSA) is 24.9 Å². The van der Waals surface area contributed by atoms with Crippen molar-refractivity contribution in [1.29, 1.82) is 0 Å². The van der Waals surface area contributed by atoms with Gasteiger partial charge in [0.05, 0.1) is 0 Å². The van der Waals surface area contributed by atoms with E-state index in [1.807, 2.05) is 23.5 Å². The first-order valence-corrected chi connectivity index (χ1v) is 23.2. The molecule has 290 valence electrons. The van der Waals surface area contributed by atoms with Gasteiger partial charge in [0, 0.05) is 59.8 Å². The van der Waals surface area contributed by atoms with E-state index in [9.17, 15) is 0 Å². The van der Waals surface area contributed by atoms with Gasteiger partial charge in [-0.2, -0.15) is 0 Å². The molecule has 9 aromatic carbocycles. The van der Waals surface area contributed by atoms with Gasteiger partial charge in [0.2, 0.25) is 0 Å². The van der Waals surface area contributed by atoms with Crippen molar-refractivity contribution in [2.45, 2.75) is 19.6 Å². The van der Waals surface area contributed by atoms with Crippen LogP contribution in [0, 0.1) is 0 Å². The van der Waals surface area contributed by atoms with E-state index >= 15 is 0 Å². The molecule has 0 unspecified atom stereocenters. The zero-order valence-corrected chi connectivity index (χ0v) is 35.3. The fourth-order valence-electron chi connectivity index (χ4n) is 11.4. The van der Waals surface area contributed by atoms with Gasteiger partial charge in [0.25, 0.3) is 20.1 Å². The van der Waals surface area contributed by atoms with E-state index in [0.29, 0.717) is 0 Å². The first-order chi connectivity index (χ1) is 31.3. The van der Waals surface area contributed by atoms with Crippen molar-refractivity contribution in [3.63, 3.8) is 0 Å². The van der Waals surface area contributed by atoms with E-state index in [4.69, 9.17) is 9.47 Å². The van der Waals surface area contributed by atoms with Crippen LogP contribution in [0.15, 0.2) is 208 Å². The predicted octanol–water partition coefficient (Wildman–Crippen LogP) is 7.94. The highest BCUT2D eigenvalue weighted by Gasteiger charge is 2.50. The molecule has 0 spiro atoms. The van der Waals surface area contributed by atoms with Gasteiger partial charge in [-0.25, -0.2) is 0 Å². The summed E-state index contributed by atoms with van der Waals surface area (Å²) in [6.45, 7) is -0.00756. The van der Waals surface area contributed by atoms with Gasteiger partial charge >= 0.3 is 0 Å². The summed E-state index contributed by atoms with van der Waals surface area (Å²) in [6, 6.07) is 69.0. The summed E-state index contributed by atoms with van der Waals surface area (Å²) in [4.78, 5) is 10.1. The molecule has 6 aliphatic rings. The van der Waals surface area contributed by atoms with Crippen molar-refractivity contribution in [3.05, 3.63) is 188 Å². The summed E-state index contributed by atoms with van der Waals surface area (Å²) in [5.41, 5.74) is 18.6. The van der Waals surface area contributed by atoms with Gasteiger partial charge in [-0.05, 0) is 111 Å². The van der Waals surface area contributed by atoms with Crippen LogP contribution in [-0.2, 0) is 0 Å². The maximum Gasteiger partial charge on any atom is 0.253 e. The Morgan fingerprint density at radius 3 is 1.62 bits per heavy atom. The summed E-state index contributed by atoms with van der Waals surface area (Å²) in [5, 5.41) is 0. The Kier molecular flexibility index (Phi) is 7.05. The zero-order chi connectivity index (χ0) is 40.9. The molecule has 6 heterocycles. The largest absolute Gasteiger partial charge is 0.458 e. The number of benzene rings is 9. The molecular formula is C54H31B3N2O2S2. The second kappa shape index (κ2) is 12.8. The van der Waals surface area contributed by atoms with Crippen molar-refractivity contribution in [2.24, 2.45) is 0 Å². The number of hydrogen-bond donors (Lipinski definition) is 0. The van der Waals surface area contributed by atoms with E-state index in [1.165, 1.54) is 85.8 Å². The SMILES string of the molecule is c1ccc(N2c3cc4c(cc3B3c5c2cccc5N(c2ccccc2)c2cc5c6c(c23)Sc2ccccc2B6c2ccccc2O5)B2c3ccccc3Oc3cccc(c32)S4)cc1. The van der Waals surface area contributed by atoms with E-state index in [-0.39, 0.29) is 20.1 Å². The summed E-state index contributed by atoms with van der Waals surface area (Å²) in [6.07, 6.45) is 0. The Morgan fingerprint density at radius 2 is 0.889 bits per heavy atom. The Hall–Kier alpha value is -6.93. The molecule has 0 bridgehead atoms. The zero-order valence-electron chi connectivity index (χ0n) is 33.7. The standard InChI is InChI=1S/C54H31B3N2O2S2/c1-3-15-32(16-4-1)58-39-22-13-23-40-50(39)57(37-29-38-49(31-41(37)58)62-48-28-14-26-45-52(48)56(38)35-20-8-10-24-43(35)60-45)51-42(59(40)33-17-5-2-6-18-33)30-46-53-54(51)63-47-27-12-9-21-36(47)55(53)34-19-7-11-25-44(34)61-46/h1-31H. The van der Waals surface area contributed by atoms with Crippen molar-refractivity contribution in [3.8, 4) is 23.0 Å². The second-order valence-corrected chi connectivity index (χ2v) is 19.2. The molecule has 0 saturated carbocycles. The molecule has 0 fully saturated rings. The number of para-hydroxylation sites is 4. The van der Waals surface area contributed by atoms with E-state index < -0.39 is 0 Å². The number of anilines is 6. The molecule has 0 N–H and O–H groups in total. The Morgan fingerprint density at radius 1 is 0.317 bits per heavy atom. The molecule has 63 heavy (non-hydrogen) atoms. The minimum absolute atomic E-state index is 0.0332. The lowest BCUT2D eigenvalue weighted by molar-refractivity contribution is 0.486. The summed E-state index contributed by atoms with van der Waals surface area (Å²) in [7, 11) is 0. The number of fused-ring (bicyclic) bond motifs is 13. The third-order valence-corrected chi connectivity index (χ3v) is 16.3. The summed E-state index contributed by atoms with van der Waals surface area (Å²) in [5.74, 6) is 3.74. The maximum atomic E-state index is 7.05. The van der Waals surface area contributed by atoms with E-state index in [2.05, 4.69) is 198 Å². The highest BCUT2D eigenvalue weighted by Crippen LogP contribution is 2.49. The molecule has 0 aromatic heterocycles. The lowest BCUT2D eigenvalue weighted by Crippen LogP contribution is -2.66. The molecule has 0 atom stereocenters. The molecule has 9 aromatic rings. The molecule has 0 aliphatic carbocycles. The number of nitrogens with zero attached hydrogens (tertiary/aromatic N) is 2. The van der Waals surface area contributed by atoms with Gasteiger partial charge < -0.3 is 19.3 Å². The number of ether oxygens (including phenoxy) is 2. The van der Waals surface area contributed by atoms with Crippen LogP contribution in [0.2, 0.25) is 0 Å². The molecule has 9 heteroatoms. The smallest absolute Gasteiger partial charge is 0.253 e. The summed E-state index contributed by atoms with van der Waals surface area (Å²) < 4.78 is 13.7. The van der Waals surface area contributed by atoms with Crippen LogP contribution in [-0.4, -0.2) is 20.1 Å². The quantitative estimate of drug-likeness (QED) is 0.164. The number of hydrogen-bond acceptors (Lipinski definition) is 6. The molecule has 4 nitrogen and oxygen atoms in total. The predicted molar refractivity (Wildman–Crippen MR) is 264 cm³/mol. The first kappa shape index (κ1) is 34.6. The van der Waals surface area contributed by atoms with Crippen LogP contribution in [0.4, 0.5) is 34.1 Å².